The molecule has 0 spiro atoms. The van der Waals surface area contributed by atoms with Crippen molar-refractivity contribution in [2.24, 2.45) is 0 Å². The number of rotatable bonds is 6. The smallest absolute Gasteiger partial charge is 0.249 e. The lowest BCUT2D eigenvalue weighted by Crippen LogP contribution is -2.24. The van der Waals surface area contributed by atoms with E-state index in [-0.39, 0.29) is 12.0 Å². The Kier molecular flexibility index (Phi) is 5.10. The average molecular weight is 327 g/mol. The number of anilines is 2. The first-order valence-electron chi connectivity index (χ1n) is 8.02. The fourth-order valence-corrected chi connectivity index (χ4v) is 2.42. The minimum atomic E-state index is -0.415. The molecule has 0 unspecified atom stereocenters. The van der Waals surface area contributed by atoms with Crippen LogP contribution in [0.15, 0.2) is 49.3 Å². The lowest BCUT2D eigenvalue weighted by molar-refractivity contribution is -0.119. The van der Waals surface area contributed by atoms with E-state index in [0.29, 0.717) is 0 Å². The minimum absolute atomic E-state index is 0.136. The number of carbonyl (C=O) groups excluding carboxylic acids is 1. The first-order chi connectivity index (χ1) is 11.7. The molecule has 1 amide bonds. The molecule has 0 saturated carbocycles. The number of hydrogen-bond acceptors (Lipinski definition) is 5. The van der Waals surface area contributed by atoms with Gasteiger partial charge in [-0.25, -0.2) is 9.67 Å². The SMILES string of the molecule is C[C@@H](C(=O)Nc1ccc(NC[C@H]2CCC=CO2)cc1)n1cncn1. The highest BCUT2D eigenvalue weighted by molar-refractivity contribution is 5.93. The Morgan fingerprint density at radius 1 is 1.38 bits per heavy atom. The second-order valence-electron chi connectivity index (χ2n) is 5.71. The van der Waals surface area contributed by atoms with E-state index in [1.807, 2.05) is 30.3 Å². The monoisotopic (exact) mass is 327 g/mol. The summed E-state index contributed by atoms with van der Waals surface area (Å²) in [5.74, 6) is -0.136. The van der Waals surface area contributed by atoms with Gasteiger partial charge in [0.2, 0.25) is 5.91 Å². The standard InChI is InChI=1S/C17H21N5O2/c1-13(22-12-18-11-20-22)17(23)21-15-7-5-14(6-8-15)19-10-16-4-2-3-9-24-16/h3,5-9,11-13,16,19H,2,4,10H2,1H3,(H,21,23)/t13-,16+/m0/s1. The molecule has 0 fully saturated rings. The van der Waals surface area contributed by atoms with Gasteiger partial charge >= 0.3 is 0 Å². The van der Waals surface area contributed by atoms with Crippen LogP contribution >= 0.6 is 0 Å². The zero-order chi connectivity index (χ0) is 16.8. The van der Waals surface area contributed by atoms with Crippen molar-refractivity contribution >= 4 is 17.3 Å². The van der Waals surface area contributed by atoms with Crippen molar-refractivity contribution in [3.05, 3.63) is 49.3 Å². The molecule has 0 aliphatic carbocycles. The van der Waals surface area contributed by atoms with Crippen LogP contribution in [0.4, 0.5) is 11.4 Å². The summed E-state index contributed by atoms with van der Waals surface area (Å²) in [7, 11) is 0. The van der Waals surface area contributed by atoms with E-state index in [9.17, 15) is 4.79 Å². The zero-order valence-corrected chi connectivity index (χ0v) is 13.6. The fraction of sp³-hybridized carbons (Fsp3) is 0.353. The third kappa shape index (κ3) is 4.13. The summed E-state index contributed by atoms with van der Waals surface area (Å²) in [6, 6.07) is 7.20. The van der Waals surface area contributed by atoms with E-state index in [1.54, 1.807) is 13.2 Å². The predicted molar refractivity (Wildman–Crippen MR) is 91.5 cm³/mol. The summed E-state index contributed by atoms with van der Waals surface area (Å²) in [4.78, 5) is 16.0. The Labute approximate surface area is 140 Å². The molecule has 126 valence electrons. The number of ether oxygens (including phenoxy) is 1. The highest BCUT2D eigenvalue weighted by Crippen LogP contribution is 2.17. The van der Waals surface area contributed by atoms with Gasteiger partial charge in [0.1, 0.15) is 24.8 Å². The van der Waals surface area contributed by atoms with E-state index in [2.05, 4.69) is 20.7 Å². The summed E-state index contributed by atoms with van der Waals surface area (Å²) in [6.45, 7) is 2.54. The van der Waals surface area contributed by atoms with Crippen molar-refractivity contribution in [2.45, 2.75) is 31.9 Å². The van der Waals surface area contributed by atoms with Crippen LogP contribution in [-0.2, 0) is 9.53 Å². The van der Waals surface area contributed by atoms with Crippen molar-refractivity contribution in [3.63, 3.8) is 0 Å². The third-order valence-electron chi connectivity index (χ3n) is 3.92. The topological polar surface area (TPSA) is 81.1 Å². The van der Waals surface area contributed by atoms with Crippen LogP contribution in [-0.4, -0.2) is 33.3 Å². The minimum Gasteiger partial charge on any atom is -0.497 e. The Morgan fingerprint density at radius 3 is 2.83 bits per heavy atom. The van der Waals surface area contributed by atoms with Crippen LogP contribution < -0.4 is 10.6 Å². The van der Waals surface area contributed by atoms with Crippen molar-refractivity contribution in [1.82, 2.24) is 14.8 Å². The second-order valence-corrected chi connectivity index (χ2v) is 5.71. The number of nitrogens with zero attached hydrogens (tertiary/aromatic N) is 3. The van der Waals surface area contributed by atoms with Crippen LogP contribution in [0.3, 0.4) is 0 Å². The van der Waals surface area contributed by atoms with E-state index in [4.69, 9.17) is 4.74 Å². The maximum Gasteiger partial charge on any atom is 0.249 e. The molecule has 24 heavy (non-hydrogen) atoms. The molecule has 1 aromatic carbocycles. The quantitative estimate of drug-likeness (QED) is 0.852. The van der Waals surface area contributed by atoms with Gasteiger partial charge in [0.25, 0.3) is 0 Å². The van der Waals surface area contributed by atoms with Crippen LogP contribution in [0.25, 0.3) is 0 Å². The zero-order valence-electron chi connectivity index (χ0n) is 13.6. The molecule has 0 saturated heterocycles. The van der Waals surface area contributed by atoms with Gasteiger partial charge in [0.05, 0.1) is 12.8 Å². The number of hydrogen-bond donors (Lipinski definition) is 2. The molecular weight excluding hydrogens is 306 g/mol. The summed E-state index contributed by atoms with van der Waals surface area (Å²) in [6.07, 6.45) is 9.03. The second kappa shape index (κ2) is 7.63. The Hall–Kier alpha value is -2.83. The first kappa shape index (κ1) is 16.0. The summed E-state index contributed by atoms with van der Waals surface area (Å²) >= 11 is 0. The maximum absolute atomic E-state index is 12.2. The van der Waals surface area contributed by atoms with Crippen molar-refractivity contribution in [2.75, 3.05) is 17.2 Å². The highest BCUT2D eigenvalue weighted by Gasteiger charge is 2.15. The van der Waals surface area contributed by atoms with E-state index in [0.717, 1.165) is 30.8 Å². The molecule has 1 aliphatic rings. The van der Waals surface area contributed by atoms with Gasteiger partial charge in [-0.05, 0) is 50.1 Å². The lowest BCUT2D eigenvalue weighted by Gasteiger charge is -2.20. The fourth-order valence-electron chi connectivity index (χ4n) is 2.42. The van der Waals surface area contributed by atoms with Gasteiger partial charge in [-0.15, -0.1) is 0 Å². The number of amides is 1. The molecule has 3 rings (SSSR count). The molecule has 7 nitrogen and oxygen atoms in total. The van der Waals surface area contributed by atoms with E-state index in [1.165, 1.54) is 17.3 Å². The molecule has 0 radical (unpaired) electrons. The Balaban J connectivity index is 1.50. The number of nitrogens with one attached hydrogen (secondary N) is 2. The van der Waals surface area contributed by atoms with Crippen LogP contribution in [0, 0.1) is 0 Å². The van der Waals surface area contributed by atoms with Crippen LogP contribution in [0.1, 0.15) is 25.8 Å². The van der Waals surface area contributed by atoms with Crippen molar-refractivity contribution in [3.8, 4) is 0 Å². The van der Waals surface area contributed by atoms with Gasteiger partial charge in [-0.3, -0.25) is 4.79 Å². The van der Waals surface area contributed by atoms with Crippen LogP contribution in [0.2, 0.25) is 0 Å². The molecule has 7 heteroatoms. The first-order valence-corrected chi connectivity index (χ1v) is 8.02. The molecule has 0 bridgehead atoms. The molecule has 1 aliphatic heterocycles. The highest BCUT2D eigenvalue weighted by atomic mass is 16.5. The molecule has 1 aromatic heterocycles. The molecule has 2 atom stereocenters. The number of aromatic nitrogens is 3. The van der Waals surface area contributed by atoms with E-state index >= 15 is 0 Å². The predicted octanol–water partition coefficient (Wildman–Crippen LogP) is 2.58. The van der Waals surface area contributed by atoms with Gasteiger partial charge < -0.3 is 15.4 Å². The van der Waals surface area contributed by atoms with Gasteiger partial charge in [-0.1, -0.05) is 0 Å². The molecule has 2 N–H and O–H groups in total. The molecular formula is C17H21N5O2. The normalized spacial score (nSPS) is 17.8. The Morgan fingerprint density at radius 2 is 2.17 bits per heavy atom. The van der Waals surface area contributed by atoms with Gasteiger partial charge in [-0.2, -0.15) is 5.10 Å². The summed E-state index contributed by atoms with van der Waals surface area (Å²) < 4.78 is 7.04. The summed E-state index contributed by atoms with van der Waals surface area (Å²) in [5, 5.41) is 10.2. The molecule has 2 heterocycles. The van der Waals surface area contributed by atoms with Crippen LogP contribution in [0.5, 0.6) is 0 Å². The van der Waals surface area contributed by atoms with Gasteiger partial charge in [0, 0.05) is 11.4 Å². The lowest BCUT2D eigenvalue weighted by atomic mass is 10.1. The number of benzene rings is 1. The Bertz CT molecular complexity index is 682. The summed E-state index contributed by atoms with van der Waals surface area (Å²) in [5.41, 5.74) is 1.74. The number of carbonyl (C=O) groups is 1. The average Bonchev–Trinajstić information content (AvgIpc) is 3.16. The third-order valence-corrected chi connectivity index (χ3v) is 3.92. The number of allylic oxidation sites excluding steroid dienone is 1. The molecule has 2 aromatic rings. The van der Waals surface area contributed by atoms with Gasteiger partial charge in [0.15, 0.2) is 0 Å². The van der Waals surface area contributed by atoms with Crippen molar-refractivity contribution in [1.29, 1.82) is 0 Å². The largest absolute Gasteiger partial charge is 0.497 e. The van der Waals surface area contributed by atoms with Crippen molar-refractivity contribution < 1.29 is 9.53 Å². The maximum atomic E-state index is 12.2. The van der Waals surface area contributed by atoms with E-state index < -0.39 is 6.04 Å².